The van der Waals surface area contributed by atoms with Gasteiger partial charge in [-0.25, -0.2) is 4.79 Å². The van der Waals surface area contributed by atoms with Gasteiger partial charge >= 0.3 is 6.09 Å². The Balaban J connectivity index is 2.11. The fraction of sp³-hybridized carbons (Fsp3) is 0.533. The van der Waals surface area contributed by atoms with Crippen molar-refractivity contribution in [2.45, 2.75) is 51.7 Å². The van der Waals surface area contributed by atoms with E-state index in [0.29, 0.717) is 0 Å². The number of carbonyl (C=O) groups excluding carboxylic acids is 1. The average molecular weight is 373 g/mol. The quantitative estimate of drug-likeness (QED) is 0.793. The van der Waals surface area contributed by atoms with E-state index in [4.69, 9.17) is 4.74 Å². The third-order valence-electron chi connectivity index (χ3n) is 3.20. The number of rotatable bonds is 2. The summed E-state index contributed by atoms with van der Waals surface area (Å²) in [7, 11) is 0. The van der Waals surface area contributed by atoms with E-state index in [-0.39, 0.29) is 11.6 Å². The van der Waals surface area contributed by atoms with Crippen LogP contribution in [0.25, 0.3) is 0 Å². The normalized spacial score (nSPS) is 16.9. The summed E-state index contributed by atoms with van der Waals surface area (Å²) >= 11 is 2.32. The fourth-order valence-electron chi connectivity index (χ4n) is 2.05. The van der Waals surface area contributed by atoms with E-state index in [0.717, 1.165) is 12.8 Å². The molecule has 1 saturated carbocycles. The number of hydrogen-bond acceptors (Lipinski definition) is 2. The molecule has 1 N–H and O–H groups in total. The van der Waals surface area contributed by atoms with Crippen molar-refractivity contribution < 1.29 is 9.53 Å². The Morgan fingerprint density at radius 1 is 1.37 bits per heavy atom. The van der Waals surface area contributed by atoms with E-state index in [1.54, 1.807) is 0 Å². The number of alkyl carbamates (subject to hydrolysis) is 1. The summed E-state index contributed by atoms with van der Waals surface area (Å²) in [6, 6.07) is 6.35. The van der Waals surface area contributed by atoms with Crippen LogP contribution in [0.2, 0.25) is 0 Å². The first-order valence-corrected chi connectivity index (χ1v) is 7.58. The minimum Gasteiger partial charge on any atom is -0.444 e. The molecule has 4 heteroatoms. The molecule has 1 aromatic rings. The van der Waals surface area contributed by atoms with E-state index in [2.05, 4.69) is 53.0 Å². The van der Waals surface area contributed by atoms with Crippen molar-refractivity contribution in [3.8, 4) is 0 Å². The second-order valence-electron chi connectivity index (χ2n) is 6.17. The van der Waals surface area contributed by atoms with E-state index < -0.39 is 5.60 Å². The number of hydrogen-bond donors (Lipinski definition) is 1. The van der Waals surface area contributed by atoms with Gasteiger partial charge in [0.05, 0.1) is 5.54 Å². The second kappa shape index (κ2) is 4.96. The first-order chi connectivity index (χ1) is 8.72. The Morgan fingerprint density at radius 3 is 2.47 bits per heavy atom. The van der Waals surface area contributed by atoms with Gasteiger partial charge in [0.25, 0.3) is 0 Å². The predicted octanol–water partition coefficient (Wildman–Crippen LogP) is 4.11. The standard InChI is InChI=1S/C15H20INO2/c1-10-9-11(5-6-12(10)16)15(7-8-15)17-13(18)19-14(2,3)4/h5-6,9H,7-8H2,1-4H3,(H,17,18). The van der Waals surface area contributed by atoms with Gasteiger partial charge in [-0.2, -0.15) is 0 Å². The van der Waals surface area contributed by atoms with Gasteiger partial charge in [0.2, 0.25) is 0 Å². The average Bonchev–Trinajstić information content (AvgIpc) is 3.00. The Labute approximate surface area is 128 Å². The van der Waals surface area contributed by atoms with Crippen molar-refractivity contribution in [1.82, 2.24) is 5.32 Å². The van der Waals surface area contributed by atoms with E-state index in [1.807, 2.05) is 20.8 Å². The molecule has 0 aliphatic heterocycles. The van der Waals surface area contributed by atoms with Crippen LogP contribution in [-0.4, -0.2) is 11.7 Å². The molecule has 3 nitrogen and oxygen atoms in total. The van der Waals surface area contributed by atoms with Crippen LogP contribution >= 0.6 is 22.6 Å². The number of aryl methyl sites for hydroxylation is 1. The zero-order chi connectivity index (χ0) is 14.3. The van der Waals surface area contributed by atoms with Gasteiger partial charge in [-0.3, -0.25) is 0 Å². The number of nitrogens with one attached hydrogen (secondary N) is 1. The SMILES string of the molecule is Cc1cc(C2(NC(=O)OC(C)(C)C)CC2)ccc1I. The van der Waals surface area contributed by atoms with E-state index in [9.17, 15) is 4.79 Å². The minimum absolute atomic E-state index is 0.211. The maximum absolute atomic E-state index is 11.9. The number of amides is 1. The van der Waals surface area contributed by atoms with Crippen molar-refractivity contribution in [3.63, 3.8) is 0 Å². The molecule has 1 aliphatic rings. The van der Waals surface area contributed by atoms with Crippen LogP contribution in [0, 0.1) is 10.5 Å². The largest absolute Gasteiger partial charge is 0.444 e. The highest BCUT2D eigenvalue weighted by atomic mass is 127. The fourth-order valence-corrected chi connectivity index (χ4v) is 2.39. The van der Waals surface area contributed by atoms with Crippen LogP contribution in [0.4, 0.5) is 4.79 Å². The topological polar surface area (TPSA) is 38.3 Å². The van der Waals surface area contributed by atoms with Crippen LogP contribution in [-0.2, 0) is 10.3 Å². The number of halogens is 1. The highest BCUT2D eigenvalue weighted by Crippen LogP contribution is 2.46. The first-order valence-electron chi connectivity index (χ1n) is 6.50. The third-order valence-corrected chi connectivity index (χ3v) is 4.41. The molecule has 1 amide bonds. The van der Waals surface area contributed by atoms with Crippen LogP contribution in [0.5, 0.6) is 0 Å². The Hall–Kier alpha value is -0.780. The molecule has 2 rings (SSSR count). The second-order valence-corrected chi connectivity index (χ2v) is 7.34. The molecule has 104 valence electrons. The summed E-state index contributed by atoms with van der Waals surface area (Å²) in [4.78, 5) is 11.9. The molecule has 0 heterocycles. The van der Waals surface area contributed by atoms with Crippen molar-refractivity contribution in [1.29, 1.82) is 0 Å². The molecule has 0 saturated heterocycles. The highest BCUT2D eigenvalue weighted by molar-refractivity contribution is 14.1. The third kappa shape index (κ3) is 3.61. The molecule has 0 atom stereocenters. The molecule has 0 aromatic heterocycles. The molecule has 0 bridgehead atoms. The number of benzene rings is 1. The molecule has 0 spiro atoms. The number of carbonyl (C=O) groups is 1. The molecule has 0 radical (unpaired) electrons. The maximum atomic E-state index is 11.9. The lowest BCUT2D eigenvalue weighted by molar-refractivity contribution is 0.0495. The summed E-state index contributed by atoms with van der Waals surface area (Å²) in [5.41, 5.74) is 1.76. The molecular formula is C15H20INO2. The van der Waals surface area contributed by atoms with Gasteiger partial charge in [-0.05, 0) is 80.3 Å². The molecule has 1 fully saturated rings. The van der Waals surface area contributed by atoms with E-state index >= 15 is 0 Å². The maximum Gasteiger partial charge on any atom is 0.408 e. The van der Waals surface area contributed by atoms with Crippen LogP contribution < -0.4 is 5.32 Å². The predicted molar refractivity (Wildman–Crippen MR) is 84.2 cm³/mol. The van der Waals surface area contributed by atoms with Gasteiger partial charge in [-0.1, -0.05) is 12.1 Å². The zero-order valence-corrected chi connectivity index (χ0v) is 14.0. The van der Waals surface area contributed by atoms with Gasteiger partial charge in [0.1, 0.15) is 5.60 Å². The zero-order valence-electron chi connectivity index (χ0n) is 11.8. The van der Waals surface area contributed by atoms with Crippen molar-refractivity contribution in [2.24, 2.45) is 0 Å². The van der Waals surface area contributed by atoms with Gasteiger partial charge in [0, 0.05) is 3.57 Å². The molecule has 1 aromatic carbocycles. The Kier molecular flexibility index (Phi) is 3.82. The van der Waals surface area contributed by atoms with Gasteiger partial charge < -0.3 is 10.1 Å². The van der Waals surface area contributed by atoms with Crippen molar-refractivity contribution in [3.05, 3.63) is 32.9 Å². The molecule has 1 aliphatic carbocycles. The molecule has 19 heavy (non-hydrogen) atoms. The number of ether oxygens (including phenoxy) is 1. The van der Waals surface area contributed by atoms with Crippen molar-refractivity contribution >= 4 is 28.7 Å². The summed E-state index contributed by atoms with van der Waals surface area (Å²) < 4.78 is 6.58. The summed E-state index contributed by atoms with van der Waals surface area (Å²) in [5.74, 6) is 0. The summed E-state index contributed by atoms with van der Waals surface area (Å²) in [6.45, 7) is 7.72. The molecule has 0 unspecified atom stereocenters. The van der Waals surface area contributed by atoms with Gasteiger partial charge in [0.15, 0.2) is 0 Å². The summed E-state index contributed by atoms with van der Waals surface area (Å²) in [5, 5.41) is 3.02. The van der Waals surface area contributed by atoms with Crippen molar-refractivity contribution in [2.75, 3.05) is 0 Å². The Bertz CT molecular complexity index is 501. The lowest BCUT2D eigenvalue weighted by Crippen LogP contribution is -2.39. The molecular weight excluding hydrogens is 353 g/mol. The van der Waals surface area contributed by atoms with Crippen LogP contribution in [0.3, 0.4) is 0 Å². The Morgan fingerprint density at radius 2 is 2.00 bits per heavy atom. The monoisotopic (exact) mass is 373 g/mol. The van der Waals surface area contributed by atoms with E-state index in [1.165, 1.54) is 14.7 Å². The summed E-state index contributed by atoms with van der Waals surface area (Å²) in [6.07, 6.45) is 1.62. The van der Waals surface area contributed by atoms with Crippen LogP contribution in [0.1, 0.15) is 44.7 Å². The van der Waals surface area contributed by atoms with Crippen LogP contribution in [0.15, 0.2) is 18.2 Å². The lowest BCUT2D eigenvalue weighted by atomic mass is 10.0. The first kappa shape index (κ1) is 14.6. The smallest absolute Gasteiger partial charge is 0.408 e. The van der Waals surface area contributed by atoms with Gasteiger partial charge in [-0.15, -0.1) is 0 Å². The highest BCUT2D eigenvalue weighted by Gasteiger charge is 2.46. The lowest BCUT2D eigenvalue weighted by Gasteiger charge is -2.24. The minimum atomic E-state index is -0.456.